The molecule has 0 atom stereocenters. The Morgan fingerprint density at radius 3 is 2.83 bits per heavy atom. The normalized spacial score (nSPS) is 12.0. The minimum atomic E-state index is -4.26. The summed E-state index contributed by atoms with van der Waals surface area (Å²) in [6.45, 7) is -1.24. The van der Waals surface area contributed by atoms with Gasteiger partial charge in [0, 0.05) is 13.2 Å². The SMILES string of the molecule is Cn1ccc(-c2noc(CNCC(F)(F)F)n2)n1. The molecule has 0 aliphatic rings. The number of nitrogens with one attached hydrogen (secondary N) is 1. The van der Waals surface area contributed by atoms with Crippen molar-refractivity contribution in [3.05, 3.63) is 18.2 Å². The maximum atomic E-state index is 11.9. The molecule has 2 heterocycles. The average molecular weight is 261 g/mol. The highest BCUT2D eigenvalue weighted by Gasteiger charge is 2.26. The number of halogens is 3. The third-order valence-corrected chi connectivity index (χ3v) is 2.01. The second-order valence-electron chi connectivity index (χ2n) is 3.61. The van der Waals surface area contributed by atoms with Crippen LogP contribution in [0, 0.1) is 0 Å². The van der Waals surface area contributed by atoms with E-state index in [0.29, 0.717) is 5.69 Å². The van der Waals surface area contributed by atoms with E-state index in [9.17, 15) is 13.2 Å². The van der Waals surface area contributed by atoms with Crippen LogP contribution in [0.25, 0.3) is 11.5 Å². The van der Waals surface area contributed by atoms with Crippen LogP contribution in [-0.4, -0.2) is 32.6 Å². The fourth-order valence-corrected chi connectivity index (χ4v) is 1.28. The van der Waals surface area contributed by atoms with Gasteiger partial charge in [0.05, 0.1) is 13.1 Å². The first kappa shape index (κ1) is 12.6. The summed E-state index contributed by atoms with van der Waals surface area (Å²) in [6, 6.07) is 1.68. The van der Waals surface area contributed by atoms with Gasteiger partial charge in [0.25, 0.3) is 0 Å². The summed E-state index contributed by atoms with van der Waals surface area (Å²) >= 11 is 0. The molecule has 2 rings (SSSR count). The van der Waals surface area contributed by atoms with Gasteiger partial charge in [-0.1, -0.05) is 5.16 Å². The Balaban J connectivity index is 1.94. The van der Waals surface area contributed by atoms with Crippen molar-refractivity contribution in [1.29, 1.82) is 0 Å². The quantitative estimate of drug-likeness (QED) is 0.893. The predicted octanol–water partition coefficient (Wildman–Crippen LogP) is 1.12. The van der Waals surface area contributed by atoms with Crippen LogP contribution in [0.1, 0.15) is 5.89 Å². The van der Waals surface area contributed by atoms with E-state index in [4.69, 9.17) is 4.52 Å². The van der Waals surface area contributed by atoms with E-state index in [2.05, 4.69) is 20.6 Å². The third-order valence-electron chi connectivity index (χ3n) is 2.01. The molecule has 0 radical (unpaired) electrons. The van der Waals surface area contributed by atoms with Gasteiger partial charge < -0.3 is 9.84 Å². The van der Waals surface area contributed by atoms with Gasteiger partial charge in [-0.25, -0.2) is 0 Å². The van der Waals surface area contributed by atoms with E-state index >= 15 is 0 Å². The minimum absolute atomic E-state index is 0.0832. The molecule has 0 aromatic carbocycles. The first-order valence-electron chi connectivity index (χ1n) is 5.04. The van der Waals surface area contributed by atoms with Crippen LogP contribution >= 0.6 is 0 Å². The van der Waals surface area contributed by atoms with Gasteiger partial charge in [0.2, 0.25) is 11.7 Å². The molecule has 98 valence electrons. The van der Waals surface area contributed by atoms with Gasteiger partial charge in [-0.15, -0.1) is 0 Å². The Labute approximate surface area is 99.8 Å². The lowest BCUT2D eigenvalue weighted by Gasteiger charge is -2.05. The lowest BCUT2D eigenvalue weighted by Crippen LogP contribution is -2.28. The van der Waals surface area contributed by atoms with Crippen LogP contribution in [0.3, 0.4) is 0 Å². The first-order valence-corrected chi connectivity index (χ1v) is 5.04. The third kappa shape index (κ3) is 3.29. The number of rotatable bonds is 4. The Morgan fingerprint density at radius 1 is 1.44 bits per heavy atom. The van der Waals surface area contributed by atoms with Gasteiger partial charge in [-0.3, -0.25) is 4.68 Å². The molecular formula is C9H10F3N5O. The fourth-order valence-electron chi connectivity index (χ4n) is 1.28. The summed E-state index contributed by atoms with van der Waals surface area (Å²) in [5.74, 6) is 0.333. The number of nitrogens with zero attached hydrogens (tertiary/aromatic N) is 4. The molecule has 0 aliphatic carbocycles. The van der Waals surface area contributed by atoms with Crippen molar-refractivity contribution in [3.8, 4) is 11.5 Å². The number of aromatic nitrogens is 4. The topological polar surface area (TPSA) is 68.8 Å². The first-order chi connectivity index (χ1) is 8.44. The summed E-state index contributed by atoms with van der Waals surface area (Å²) in [4.78, 5) is 3.93. The van der Waals surface area contributed by atoms with Crippen LogP contribution in [-0.2, 0) is 13.6 Å². The zero-order valence-corrected chi connectivity index (χ0v) is 9.40. The zero-order chi connectivity index (χ0) is 13.2. The molecule has 0 spiro atoms. The van der Waals surface area contributed by atoms with Crippen LogP contribution in [0.2, 0.25) is 0 Å². The van der Waals surface area contributed by atoms with Gasteiger partial charge in [-0.05, 0) is 6.07 Å². The number of alkyl halides is 3. The summed E-state index contributed by atoms with van der Waals surface area (Å²) in [7, 11) is 1.73. The molecule has 0 saturated carbocycles. The maximum absolute atomic E-state index is 11.9. The smallest absolute Gasteiger partial charge is 0.337 e. The van der Waals surface area contributed by atoms with E-state index in [1.807, 2.05) is 0 Å². The summed E-state index contributed by atoms with van der Waals surface area (Å²) in [5, 5.41) is 9.84. The van der Waals surface area contributed by atoms with Crippen molar-refractivity contribution in [1.82, 2.24) is 25.2 Å². The predicted molar refractivity (Wildman–Crippen MR) is 54.3 cm³/mol. The molecule has 1 N–H and O–H groups in total. The lowest BCUT2D eigenvalue weighted by molar-refractivity contribution is -0.125. The molecule has 2 aromatic rings. The molecule has 0 aliphatic heterocycles. The van der Waals surface area contributed by atoms with Crippen molar-refractivity contribution in [3.63, 3.8) is 0 Å². The summed E-state index contributed by atoms with van der Waals surface area (Å²) in [6.07, 6.45) is -2.56. The van der Waals surface area contributed by atoms with E-state index in [0.717, 1.165) is 0 Å². The Morgan fingerprint density at radius 2 is 2.22 bits per heavy atom. The molecule has 0 fully saturated rings. The van der Waals surface area contributed by atoms with Crippen LogP contribution in [0.15, 0.2) is 16.8 Å². The second-order valence-corrected chi connectivity index (χ2v) is 3.61. The van der Waals surface area contributed by atoms with Gasteiger partial charge in [0.1, 0.15) is 5.69 Å². The van der Waals surface area contributed by atoms with Crippen molar-refractivity contribution < 1.29 is 17.7 Å². The van der Waals surface area contributed by atoms with Crippen molar-refractivity contribution in [2.24, 2.45) is 7.05 Å². The summed E-state index contributed by atoms with van der Waals surface area (Å²) < 4.78 is 42.0. The van der Waals surface area contributed by atoms with Crippen molar-refractivity contribution in [2.75, 3.05) is 6.54 Å². The molecule has 2 aromatic heterocycles. The van der Waals surface area contributed by atoms with Crippen LogP contribution < -0.4 is 5.32 Å². The van der Waals surface area contributed by atoms with E-state index in [-0.39, 0.29) is 18.3 Å². The van der Waals surface area contributed by atoms with Crippen LogP contribution in [0.4, 0.5) is 13.2 Å². The monoisotopic (exact) mass is 261 g/mol. The highest BCUT2D eigenvalue weighted by atomic mass is 19.4. The van der Waals surface area contributed by atoms with Crippen LogP contribution in [0.5, 0.6) is 0 Å². The molecule has 0 saturated heterocycles. The Bertz CT molecular complexity index is 518. The Hall–Kier alpha value is -1.90. The molecule has 9 heteroatoms. The largest absolute Gasteiger partial charge is 0.401 e. The molecule has 18 heavy (non-hydrogen) atoms. The minimum Gasteiger partial charge on any atom is -0.337 e. The van der Waals surface area contributed by atoms with Gasteiger partial charge >= 0.3 is 6.18 Å². The van der Waals surface area contributed by atoms with E-state index in [1.165, 1.54) is 0 Å². The number of hydrogen-bond acceptors (Lipinski definition) is 5. The van der Waals surface area contributed by atoms with Crippen molar-refractivity contribution >= 4 is 0 Å². The van der Waals surface area contributed by atoms with Gasteiger partial charge in [0.15, 0.2) is 0 Å². The Kier molecular flexibility index (Phi) is 3.32. The van der Waals surface area contributed by atoms with E-state index in [1.54, 1.807) is 24.0 Å². The molecular weight excluding hydrogens is 251 g/mol. The highest BCUT2D eigenvalue weighted by molar-refractivity contribution is 5.46. The number of hydrogen-bond donors (Lipinski definition) is 1. The summed E-state index contributed by atoms with van der Waals surface area (Å²) in [5.41, 5.74) is 0.503. The maximum Gasteiger partial charge on any atom is 0.401 e. The second kappa shape index (κ2) is 4.77. The average Bonchev–Trinajstić information content (AvgIpc) is 2.85. The fraction of sp³-hybridized carbons (Fsp3) is 0.444. The van der Waals surface area contributed by atoms with Gasteiger partial charge in [-0.2, -0.15) is 23.3 Å². The standard InChI is InChI=1S/C9H10F3N5O/c1-17-3-2-6(15-17)8-14-7(18-16-8)4-13-5-9(10,11)12/h2-3,13H,4-5H2,1H3. The van der Waals surface area contributed by atoms with E-state index < -0.39 is 12.7 Å². The molecule has 0 unspecified atom stereocenters. The molecule has 0 bridgehead atoms. The zero-order valence-electron chi connectivity index (χ0n) is 9.40. The molecule has 0 amide bonds. The highest BCUT2D eigenvalue weighted by Crippen LogP contribution is 2.14. The van der Waals surface area contributed by atoms with Crippen molar-refractivity contribution in [2.45, 2.75) is 12.7 Å². The number of aryl methyl sites for hydroxylation is 1. The lowest BCUT2D eigenvalue weighted by atomic mass is 10.4. The molecule has 6 nitrogen and oxygen atoms in total.